The predicted molar refractivity (Wildman–Crippen MR) is 68.6 cm³/mol. The van der Waals surface area contributed by atoms with Gasteiger partial charge in [-0.05, 0) is 44.2 Å². The Balaban J connectivity index is 2.01. The minimum Gasteiger partial charge on any atom is -0.378 e. The fraction of sp³-hybridized carbons (Fsp3) is 0.643. The summed E-state index contributed by atoms with van der Waals surface area (Å²) in [6.07, 6.45) is 6.40. The molecule has 1 aromatic heterocycles. The molecular weight excluding hydrogens is 231 g/mol. The fourth-order valence-corrected chi connectivity index (χ4v) is 2.45. The van der Waals surface area contributed by atoms with Crippen molar-refractivity contribution in [3.8, 4) is 0 Å². The first kappa shape index (κ1) is 13.4. The molecule has 1 fully saturated rings. The number of ether oxygens (including phenoxy) is 1. The Morgan fingerprint density at radius 2 is 2.39 bits per heavy atom. The van der Waals surface area contributed by atoms with Gasteiger partial charge in [-0.1, -0.05) is 6.92 Å². The third kappa shape index (κ3) is 3.06. The third-order valence-electron chi connectivity index (χ3n) is 3.80. The minimum absolute atomic E-state index is 0.323. The van der Waals surface area contributed by atoms with E-state index in [0.29, 0.717) is 6.10 Å². The van der Waals surface area contributed by atoms with E-state index < -0.39 is 5.54 Å². The second-order valence-corrected chi connectivity index (χ2v) is 5.05. The summed E-state index contributed by atoms with van der Waals surface area (Å²) in [5, 5.41) is 0. The number of pyridine rings is 1. The quantitative estimate of drug-likeness (QED) is 0.876. The lowest BCUT2D eigenvalue weighted by Gasteiger charge is -2.28. The highest BCUT2D eigenvalue weighted by atomic mass is 19.1. The van der Waals surface area contributed by atoms with Crippen LogP contribution in [0, 0.1) is 5.82 Å². The van der Waals surface area contributed by atoms with Crippen LogP contribution < -0.4 is 5.73 Å². The highest BCUT2D eigenvalue weighted by molar-refractivity contribution is 5.15. The first-order valence-electron chi connectivity index (χ1n) is 6.66. The molecule has 2 heterocycles. The van der Waals surface area contributed by atoms with Crippen LogP contribution in [0.2, 0.25) is 0 Å². The van der Waals surface area contributed by atoms with Crippen LogP contribution in [0.4, 0.5) is 4.39 Å². The van der Waals surface area contributed by atoms with Crippen LogP contribution in [-0.2, 0) is 10.3 Å². The average molecular weight is 252 g/mol. The zero-order chi connectivity index (χ0) is 13.0. The summed E-state index contributed by atoms with van der Waals surface area (Å²) in [4.78, 5) is 4.13. The van der Waals surface area contributed by atoms with Crippen LogP contribution in [0.1, 0.15) is 44.7 Å². The molecule has 4 heteroatoms. The van der Waals surface area contributed by atoms with Crippen molar-refractivity contribution >= 4 is 0 Å². The van der Waals surface area contributed by atoms with Crippen molar-refractivity contribution in [3.05, 3.63) is 29.8 Å². The van der Waals surface area contributed by atoms with E-state index in [4.69, 9.17) is 10.5 Å². The summed E-state index contributed by atoms with van der Waals surface area (Å²) in [5.74, 6) is -0.323. The van der Waals surface area contributed by atoms with Gasteiger partial charge in [0.05, 0.1) is 23.5 Å². The second kappa shape index (κ2) is 5.76. The Kier molecular flexibility index (Phi) is 4.30. The van der Waals surface area contributed by atoms with Crippen LogP contribution in [0.15, 0.2) is 18.3 Å². The summed E-state index contributed by atoms with van der Waals surface area (Å²) in [7, 11) is 0. The number of rotatable bonds is 5. The topological polar surface area (TPSA) is 48.1 Å². The molecule has 100 valence electrons. The van der Waals surface area contributed by atoms with Crippen molar-refractivity contribution in [1.29, 1.82) is 0 Å². The molecule has 2 atom stereocenters. The summed E-state index contributed by atoms with van der Waals surface area (Å²) in [5.41, 5.74) is 6.70. The molecule has 0 bridgehead atoms. The molecule has 2 rings (SSSR count). The number of nitrogens with zero attached hydrogens (tertiary/aromatic N) is 1. The smallest absolute Gasteiger partial charge is 0.141 e. The van der Waals surface area contributed by atoms with Gasteiger partial charge in [0.1, 0.15) is 5.82 Å². The summed E-state index contributed by atoms with van der Waals surface area (Å²) in [6.45, 7) is 2.91. The SMILES string of the molecule is CCC(N)(CCC1CCCO1)c1ccc(F)cn1. The molecule has 1 aromatic rings. The number of nitrogens with two attached hydrogens (primary N) is 1. The third-order valence-corrected chi connectivity index (χ3v) is 3.80. The molecule has 0 amide bonds. The zero-order valence-corrected chi connectivity index (χ0v) is 10.9. The Hall–Kier alpha value is -1.00. The molecular formula is C14H21FN2O. The normalized spacial score (nSPS) is 22.9. The molecule has 1 aliphatic rings. The van der Waals surface area contributed by atoms with Crippen LogP contribution >= 0.6 is 0 Å². The molecule has 0 saturated carbocycles. The van der Waals surface area contributed by atoms with E-state index >= 15 is 0 Å². The molecule has 0 radical (unpaired) electrons. The number of hydrogen-bond donors (Lipinski definition) is 1. The largest absolute Gasteiger partial charge is 0.378 e. The number of halogens is 1. The number of aromatic nitrogens is 1. The van der Waals surface area contributed by atoms with Gasteiger partial charge in [0.25, 0.3) is 0 Å². The molecule has 0 aromatic carbocycles. The molecule has 18 heavy (non-hydrogen) atoms. The lowest BCUT2D eigenvalue weighted by Crippen LogP contribution is -2.37. The van der Waals surface area contributed by atoms with Crippen molar-refractivity contribution in [2.75, 3.05) is 6.61 Å². The monoisotopic (exact) mass is 252 g/mol. The van der Waals surface area contributed by atoms with Crippen LogP contribution in [0.3, 0.4) is 0 Å². The second-order valence-electron chi connectivity index (χ2n) is 5.05. The highest BCUT2D eigenvalue weighted by Gasteiger charge is 2.28. The summed E-state index contributed by atoms with van der Waals surface area (Å²) < 4.78 is 18.5. The van der Waals surface area contributed by atoms with Gasteiger partial charge in [-0.3, -0.25) is 4.98 Å². The molecule has 1 saturated heterocycles. The van der Waals surface area contributed by atoms with Gasteiger partial charge in [0.2, 0.25) is 0 Å². The van der Waals surface area contributed by atoms with E-state index in [1.54, 1.807) is 6.07 Å². The number of hydrogen-bond acceptors (Lipinski definition) is 3. The van der Waals surface area contributed by atoms with Gasteiger partial charge in [0, 0.05) is 6.61 Å². The summed E-state index contributed by atoms with van der Waals surface area (Å²) in [6, 6.07) is 3.11. The first-order chi connectivity index (χ1) is 8.64. The maximum absolute atomic E-state index is 12.9. The van der Waals surface area contributed by atoms with E-state index in [-0.39, 0.29) is 5.82 Å². The van der Waals surface area contributed by atoms with Crippen molar-refractivity contribution < 1.29 is 9.13 Å². The van der Waals surface area contributed by atoms with E-state index in [1.165, 1.54) is 12.3 Å². The molecule has 1 aliphatic heterocycles. The van der Waals surface area contributed by atoms with Crippen LogP contribution in [0.5, 0.6) is 0 Å². The minimum atomic E-state index is -0.473. The van der Waals surface area contributed by atoms with E-state index in [1.807, 2.05) is 6.92 Å². The van der Waals surface area contributed by atoms with Gasteiger partial charge < -0.3 is 10.5 Å². The maximum atomic E-state index is 12.9. The Morgan fingerprint density at radius 3 is 2.94 bits per heavy atom. The van der Waals surface area contributed by atoms with Crippen LogP contribution in [0.25, 0.3) is 0 Å². The van der Waals surface area contributed by atoms with Gasteiger partial charge in [-0.2, -0.15) is 0 Å². The van der Waals surface area contributed by atoms with Crippen molar-refractivity contribution in [3.63, 3.8) is 0 Å². The molecule has 0 spiro atoms. The van der Waals surface area contributed by atoms with Gasteiger partial charge >= 0.3 is 0 Å². The van der Waals surface area contributed by atoms with Gasteiger partial charge in [-0.25, -0.2) is 4.39 Å². The Bertz CT molecular complexity index is 376. The summed E-state index contributed by atoms with van der Waals surface area (Å²) >= 11 is 0. The van der Waals surface area contributed by atoms with Gasteiger partial charge in [0.15, 0.2) is 0 Å². The Labute approximate surface area is 108 Å². The highest BCUT2D eigenvalue weighted by Crippen LogP contribution is 2.29. The average Bonchev–Trinajstić information content (AvgIpc) is 2.90. The lowest BCUT2D eigenvalue weighted by atomic mass is 9.86. The first-order valence-corrected chi connectivity index (χ1v) is 6.66. The predicted octanol–water partition coefficient (Wildman–Crippen LogP) is 2.74. The molecule has 0 aliphatic carbocycles. The lowest BCUT2D eigenvalue weighted by molar-refractivity contribution is 0.0950. The fourth-order valence-electron chi connectivity index (χ4n) is 2.45. The Morgan fingerprint density at radius 1 is 1.56 bits per heavy atom. The standard InChI is InChI=1S/C14H21FN2O/c1-2-14(16,8-7-12-4-3-9-18-12)13-6-5-11(15)10-17-13/h5-6,10,12H,2-4,7-9,16H2,1H3. The van der Waals surface area contributed by atoms with E-state index in [9.17, 15) is 4.39 Å². The van der Waals surface area contributed by atoms with Crippen molar-refractivity contribution in [1.82, 2.24) is 4.98 Å². The van der Waals surface area contributed by atoms with Crippen molar-refractivity contribution in [2.24, 2.45) is 5.73 Å². The molecule has 2 N–H and O–H groups in total. The zero-order valence-electron chi connectivity index (χ0n) is 10.9. The van der Waals surface area contributed by atoms with E-state index in [2.05, 4.69) is 4.98 Å². The van der Waals surface area contributed by atoms with Crippen molar-refractivity contribution in [2.45, 2.75) is 50.7 Å². The van der Waals surface area contributed by atoms with E-state index in [0.717, 1.165) is 44.4 Å². The van der Waals surface area contributed by atoms with Crippen LogP contribution in [-0.4, -0.2) is 17.7 Å². The molecule has 2 unspecified atom stereocenters. The molecule has 3 nitrogen and oxygen atoms in total. The maximum Gasteiger partial charge on any atom is 0.141 e. The van der Waals surface area contributed by atoms with Gasteiger partial charge in [-0.15, -0.1) is 0 Å².